The standard InChI is InChI=1S/C21H29N3O2/c1-5-6-13-23(4)19-11-12-20(16(2)14-19)17(3)22-15-18-9-7-8-10-21(18)24(25)26/h7-12,14,17,22H,5-6,13,15H2,1-4H3. The van der Waals surface area contributed by atoms with Gasteiger partial charge in [0.2, 0.25) is 0 Å². The fraction of sp³-hybridized carbons (Fsp3) is 0.429. The number of nitrogens with one attached hydrogen (secondary N) is 1. The minimum Gasteiger partial charge on any atom is -0.375 e. The lowest BCUT2D eigenvalue weighted by molar-refractivity contribution is -0.385. The molecule has 0 aliphatic rings. The lowest BCUT2D eigenvalue weighted by Crippen LogP contribution is -2.21. The van der Waals surface area contributed by atoms with Crippen LogP contribution in [0.4, 0.5) is 11.4 Å². The van der Waals surface area contributed by atoms with E-state index in [0.29, 0.717) is 12.1 Å². The minimum absolute atomic E-state index is 0.116. The first-order valence-corrected chi connectivity index (χ1v) is 9.21. The number of hydrogen-bond acceptors (Lipinski definition) is 4. The van der Waals surface area contributed by atoms with Crippen molar-refractivity contribution >= 4 is 11.4 Å². The Hall–Kier alpha value is -2.40. The number of rotatable bonds is 9. The van der Waals surface area contributed by atoms with E-state index in [1.165, 1.54) is 29.7 Å². The number of nitrogens with zero attached hydrogens (tertiary/aromatic N) is 2. The van der Waals surface area contributed by atoms with Crippen LogP contribution in [0.15, 0.2) is 42.5 Å². The molecule has 2 rings (SSSR count). The number of unbranched alkanes of at least 4 members (excludes halogenated alkanes) is 1. The van der Waals surface area contributed by atoms with Crippen LogP contribution in [-0.4, -0.2) is 18.5 Å². The van der Waals surface area contributed by atoms with E-state index in [2.05, 4.69) is 56.2 Å². The predicted octanol–water partition coefficient (Wildman–Crippen LogP) is 4.99. The third-order valence-electron chi connectivity index (χ3n) is 4.79. The van der Waals surface area contributed by atoms with Gasteiger partial charge in [0.25, 0.3) is 5.69 Å². The lowest BCUT2D eigenvalue weighted by Gasteiger charge is -2.22. The first-order chi connectivity index (χ1) is 12.4. The molecular weight excluding hydrogens is 326 g/mol. The van der Waals surface area contributed by atoms with Crippen LogP contribution in [0.25, 0.3) is 0 Å². The second-order valence-corrected chi connectivity index (χ2v) is 6.80. The molecule has 1 N–H and O–H groups in total. The van der Waals surface area contributed by atoms with Gasteiger partial charge in [0.05, 0.1) is 4.92 Å². The summed E-state index contributed by atoms with van der Waals surface area (Å²) in [5.74, 6) is 0. The van der Waals surface area contributed by atoms with Crippen LogP contribution in [0.1, 0.15) is 49.4 Å². The highest BCUT2D eigenvalue weighted by Crippen LogP contribution is 2.24. The summed E-state index contributed by atoms with van der Waals surface area (Å²) in [7, 11) is 2.13. The van der Waals surface area contributed by atoms with Crippen LogP contribution >= 0.6 is 0 Å². The lowest BCUT2D eigenvalue weighted by atomic mass is 10.0. The number of nitro benzene ring substituents is 1. The molecule has 26 heavy (non-hydrogen) atoms. The zero-order chi connectivity index (χ0) is 19.1. The number of anilines is 1. The number of para-hydroxylation sites is 1. The normalized spacial score (nSPS) is 12.0. The van der Waals surface area contributed by atoms with E-state index in [1.807, 2.05) is 6.07 Å². The van der Waals surface area contributed by atoms with Crippen LogP contribution in [0.2, 0.25) is 0 Å². The zero-order valence-corrected chi connectivity index (χ0v) is 16.2. The summed E-state index contributed by atoms with van der Waals surface area (Å²) in [5.41, 5.74) is 4.55. The van der Waals surface area contributed by atoms with Crippen molar-refractivity contribution in [2.45, 2.75) is 46.2 Å². The molecule has 2 aromatic carbocycles. The Morgan fingerprint density at radius 1 is 1.23 bits per heavy atom. The van der Waals surface area contributed by atoms with Gasteiger partial charge in [0, 0.05) is 43.5 Å². The Bertz CT molecular complexity index is 746. The van der Waals surface area contributed by atoms with Crippen LogP contribution in [0.3, 0.4) is 0 Å². The van der Waals surface area contributed by atoms with Gasteiger partial charge >= 0.3 is 0 Å². The molecule has 0 aliphatic carbocycles. The van der Waals surface area contributed by atoms with Crippen LogP contribution in [0, 0.1) is 17.0 Å². The van der Waals surface area contributed by atoms with Gasteiger partial charge in [0.1, 0.15) is 0 Å². The third kappa shape index (κ3) is 5.05. The molecule has 0 aromatic heterocycles. The van der Waals surface area contributed by atoms with Gasteiger partial charge in [-0.3, -0.25) is 10.1 Å². The molecule has 0 saturated heterocycles. The van der Waals surface area contributed by atoms with Crippen molar-refractivity contribution < 1.29 is 4.92 Å². The fourth-order valence-electron chi connectivity index (χ4n) is 3.12. The number of nitro groups is 1. The maximum Gasteiger partial charge on any atom is 0.273 e. The van der Waals surface area contributed by atoms with E-state index in [-0.39, 0.29) is 16.7 Å². The highest BCUT2D eigenvalue weighted by Gasteiger charge is 2.14. The average Bonchev–Trinajstić information content (AvgIpc) is 2.64. The van der Waals surface area contributed by atoms with Crippen molar-refractivity contribution in [1.82, 2.24) is 5.32 Å². The molecule has 0 aliphatic heterocycles. The van der Waals surface area contributed by atoms with Crippen LogP contribution < -0.4 is 10.2 Å². The second-order valence-electron chi connectivity index (χ2n) is 6.80. The SMILES string of the molecule is CCCCN(C)c1ccc(C(C)NCc2ccccc2[N+](=O)[O-])c(C)c1. The largest absolute Gasteiger partial charge is 0.375 e. The predicted molar refractivity (Wildman–Crippen MR) is 108 cm³/mol. The average molecular weight is 355 g/mol. The molecule has 5 heteroatoms. The van der Waals surface area contributed by atoms with Crippen LogP contribution in [0.5, 0.6) is 0 Å². The van der Waals surface area contributed by atoms with Crippen molar-refractivity contribution in [2.24, 2.45) is 0 Å². The zero-order valence-electron chi connectivity index (χ0n) is 16.2. The molecule has 0 heterocycles. The molecule has 2 aromatic rings. The summed E-state index contributed by atoms with van der Waals surface area (Å²) in [6.07, 6.45) is 2.37. The van der Waals surface area contributed by atoms with Gasteiger partial charge in [-0.2, -0.15) is 0 Å². The number of hydrogen-bond donors (Lipinski definition) is 1. The highest BCUT2D eigenvalue weighted by atomic mass is 16.6. The first-order valence-electron chi connectivity index (χ1n) is 9.21. The Labute approximate surface area is 156 Å². The second kappa shape index (κ2) is 9.34. The monoisotopic (exact) mass is 355 g/mol. The van der Waals surface area contributed by atoms with Crippen molar-refractivity contribution in [3.8, 4) is 0 Å². The van der Waals surface area contributed by atoms with Gasteiger partial charge in [-0.1, -0.05) is 37.6 Å². The van der Waals surface area contributed by atoms with Gasteiger partial charge < -0.3 is 10.2 Å². The molecule has 1 unspecified atom stereocenters. The first kappa shape index (κ1) is 19.9. The molecule has 0 amide bonds. The molecule has 0 spiro atoms. The van der Waals surface area contributed by atoms with E-state index in [4.69, 9.17) is 0 Å². The van der Waals surface area contributed by atoms with E-state index in [1.54, 1.807) is 18.2 Å². The fourth-order valence-corrected chi connectivity index (χ4v) is 3.12. The molecular formula is C21H29N3O2. The van der Waals surface area contributed by atoms with Gasteiger partial charge in [-0.15, -0.1) is 0 Å². The maximum atomic E-state index is 11.1. The van der Waals surface area contributed by atoms with E-state index >= 15 is 0 Å². The Kier molecular flexibility index (Phi) is 7.16. The molecule has 5 nitrogen and oxygen atoms in total. The number of aryl methyl sites for hydroxylation is 1. The smallest absolute Gasteiger partial charge is 0.273 e. The minimum atomic E-state index is -0.326. The van der Waals surface area contributed by atoms with Crippen LogP contribution in [-0.2, 0) is 6.54 Å². The summed E-state index contributed by atoms with van der Waals surface area (Å²) in [5, 5.41) is 14.6. The van der Waals surface area contributed by atoms with Crippen molar-refractivity contribution in [3.05, 3.63) is 69.3 Å². The molecule has 0 saturated carbocycles. The summed E-state index contributed by atoms with van der Waals surface area (Å²) < 4.78 is 0. The molecule has 0 radical (unpaired) electrons. The van der Waals surface area contributed by atoms with Crippen molar-refractivity contribution in [1.29, 1.82) is 0 Å². The molecule has 0 bridgehead atoms. The van der Waals surface area contributed by atoms with E-state index in [9.17, 15) is 10.1 Å². The maximum absolute atomic E-state index is 11.1. The summed E-state index contributed by atoms with van der Waals surface area (Å²) in [6.45, 7) is 7.94. The van der Waals surface area contributed by atoms with E-state index in [0.717, 1.165) is 6.54 Å². The van der Waals surface area contributed by atoms with Gasteiger partial charge in [-0.05, 0) is 43.5 Å². The summed E-state index contributed by atoms with van der Waals surface area (Å²) in [4.78, 5) is 13.1. The van der Waals surface area contributed by atoms with Crippen molar-refractivity contribution in [2.75, 3.05) is 18.5 Å². The number of benzene rings is 2. The van der Waals surface area contributed by atoms with Gasteiger partial charge in [-0.25, -0.2) is 0 Å². The summed E-state index contributed by atoms with van der Waals surface area (Å²) in [6, 6.07) is 13.5. The topological polar surface area (TPSA) is 58.4 Å². The highest BCUT2D eigenvalue weighted by molar-refractivity contribution is 5.51. The van der Waals surface area contributed by atoms with E-state index < -0.39 is 0 Å². The molecule has 1 atom stereocenters. The van der Waals surface area contributed by atoms with Crippen molar-refractivity contribution in [3.63, 3.8) is 0 Å². The summed E-state index contributed by atoms with van der Waals surface area (Å²) >= 11 is 0. The Morgan fingerprint density at radius 3 is 2.62 bits per heavy atom. The third-order valence-corrected chi connectivity index (χ3v) is 4.79. The van der Waals surface area contributed by atoms with Gasteiger partial charge in [0.15, 0.2) is 0 Å². The Morgan fingerprint density at radius 2 is 1.96 bits per heavy atom. The molecule has 0 fully saturated rings. The Balaban J connectivity index is 2.06. The molecule has 140 valence electrons. The quantitative estimate of drug-likeness (QED) is 0.508.